The highest BCUT2D eigenvalue weighted by atomic mass is 16.2. The smallest absolute Gasteiger partial charge is 0.228 e. The van der Waals surface area contributed by atoms with Crippen LogP contribution in [0, 0.1) is 5.41 Å². The molecule has 0 spiro atoms. The van der Waals surface area contributed by atoms with E-state index in [-0.39, 0.29) is 17.9 Å². The number of benzene rings is 2. The van der Waals surface area contributed by atoms with E-state index in [0.29, 0.717) is 13.0 Å². The van der Waals surface area contributed by atoms with Crippen molar-refractivity contribution in [2.75, 3.05) is 11.9 Å². The highest BCUT2D eigenvalue weighted by Gasteiger charge is 2.29. The zero-order chi connectivity index (χ0) is 19.3. The molecule has 1 N–H and O–H groups in total. The monoisotopic (exact) mass is 354 g/mol. The molecular weight excluding hydrogens is 324 g/mol. The van der Waals surface area contributed by atoms with Crippen molar-refractivity contribution in [3.05, 3.63) is 42.5 Å². The highest BCUT2D eigenvalue weighted by molar-refractivity contribution is 5.94. The minimum absolute atomic E-state index is 0.0738. The lowest BCUT2D eigenvalue weighted by molar-refractivity contribution is -0.142. The Bertz CT molecular complexity index is 777. The van der Waals surface area contributed by atoms with E-state index in [1.165, 1.54) is 0 Å². The number of nitrogens with one attached hydrogen (secondary N) is 1. The molecule has 0 saturated heterocycles. The van der Waals surface area contributed by atoms with Gasteiger partial charge in [0.2, 0.25) is 11.8 Å². The van der Waals surface area contributed by atoms with Crippen molar-refractivity contribution in [3.63, 3.8) is 0 Å². The number of rotatable bonds is 6. The Hall–Kier alpha value is -2.36. The molecular formula is C22H30N2O2. The molecule has 1 atom stereocenters. The fourth-order valence-electron chi connectivity index (χ4n) is 2.89. The molecule has 0 aliphatic heterocycles. The lowest BCUT2D eigenvalue weighted by Crippen LogP contribution is -2.45. The molecule has 0 aromatic heterocycles. The number of fused-ring (bicyclic) bond motifs is 1. The van der Waals surface area contributed by atoms with Crippen LogP contribution < -0.4 is 5.32 Å². The first kappa shape index (κ1) is 20.0. The van der Waals surface area contributed by atoms with Crippen LogP contribution in [0.1, 0.15) is 47.5 Å². The van der Waals surface area contributed by atoms with Crippen molar-refractivity contribution in [1.82, 2.24) is 4.90 Å². The molecule has 0 bridgehead atoms. The van der Waals surface area contributed by atoms with E-state index in [4.69, 9.17) is 0 Å². The van der Waals surface area contributed by atoms with Crippen molar-refractivity contribution in [2.24, 2.45) is 5.41 Å². The molecule has 0 heterocycles. The summed E-state index contributed by atoms with van der Waals surface area (Å²) >= 11 is 0. The third-order valence-corrected chi connectivity index (χ3v) is 4.64. The zero-order valence-electron chi connectivity index (χ0n) is 16.5. The molecule has 2 aromatic carbocycles. The molecule has 2 amide bonds. The summed E-state index contributed by atoms with van der Waals surface area (Å²) in [6.45, 7) is 10.3. The Kier molecular flexibility index (Phi) is 6.41. The Morgan fingerprint density at radius 1 is 1.08 bits per heavy atom. The van der Waals surface area contributed by atoms with Crippen LogP contribution in [-0.4, -0.2) is 29.3 Å². The average molecular weight is 354 g/mol. The Balaban J connectivity index is 2.01. The first-order valence-electron chi connectivity index (χ1n) is 9.32. The van der Waals surface area contributed by atoms with Crippen molar-refractivity contribution in [3.8, 4) is 0 Å². The number of hydrogen-bond donors (Lipinski definition) is 1. The fraction of sp³-hybridized carbons (Fsp3) is 0.455. The summed E-state index contributed by atoms with van der Waals surface area (Å²) in [6.07, 6.45) is 1.16. The summed E-state index contributed by atoms with van der Waals surface area (Å²) in [6, 6.07) is 14.1. The Morgan fingerprint density at radius 3 is 2.35 bits per heavy atom. The first-order chi connectivity index (χ1) is 12.2. The second-order valence-corrected chi connectivity index (χ2v) is 7.87. The predicted molar refractivity (Wildman–Crippen MR) is 108 cm³/mol. The van der Waals surface area contributed by atoms with Crippen LogP contribution in [0.4, 0.5) is 5.69 Å². The number of amides is 2. The van der Waals surface area contributed by atoms with Gasteiger partial charge >= 0.3 is 0 Å². The maximum Gasteiger partial charge on any atom is 0.228 e. The van der Waals surface area contributed by atoms with Gasteiger partial charge in [0, 0.05) is 30.1 Å². The predicted octanol–water partition coefficient (Wildman–Crippen LogP) is 4.84. The third-order valence-electron chi connectivity index (χ3n) is 4.64. The average Bonchev–Trinajstić information content (AvgIpc) is 2.60. The van der Waals surface area contributed by atoms with Crippen LogP contribution in [0.15, 0.2) is 42.5 Å². The summed E-state index contributed by atoms with van der Waals surface area (Å²) in [5.74, 6) is 0.0145. The van der Waals surface area contributed by atoms with Gasteiger partial charge in [-0.15, -0.1) is 0 Å². The van der Waals surface area contributed by atoms with E-state index in [9.17, 15) is 9.59 Å². The standard InChI is InChI=1S/C22H30N2O2/c1-6-16(2)24(21(26)22(3,4)5)14-13-20(25)23-19-12-11-17-9-7-8-10-18(17)15-19/h7-12,15-16H,6,13-14H2,1-5H3,(H,23,25). The molecule has 0 fully saturated rings. The largest absolute Gasteiger partial charge is 0.339 e. The van der Waals surface area contributed by atoms with Crippen molar-refractivity contribution in [2.45, 2.75) is 53.5 Å². The summed E-state index contributed by atoms with van der Waals surface area (Å²) < 4.78 is 0. The molecule has 2 aromatic rings. The van der Waals surface area contributed by atoms with Crippen molar-refractivity contribution >= 4 is 28.3 Å². The number of nitrogens with zero attached hydrogens (tertiary/aromatic N) is 1. The molecule has 0 aliphatic carbocycles. The van der Waals surface area contributed by atoms with Crippen LogP contribution in [0.2, 0.25) is 0 Å². The minimum Gasteiger partial charge on any atom is -0.339 e. The van der Waals surface area contributed by atoms with Gasteiger partial charge in [0.15, 0.2) is 0 Å². The molecule has 26 heavy (non-hydrogen) atoms. The molecule has 4 heteroatoms. The van der Waals surface area contributed by atoms with E-state index in [1.54, 1.807) is 0 Å². The fourth-order valence-corrected chi connectivity index (χ4v) is 2.89. The lowest BCUT2D eigenvalue weighted by Gasteiger charge is -2.34. The van der Waals surface area contributed by atoms with Crippen molar-refractivity contribution < 1.29 is 9.59 Å². The van der Waals surface area contributed by atoms with Gasteiger partial charge in [0.25, 0.3) is 0 Å². The molecule has 0 saturated carbocycles. The number of hydrogen-bond acceptors (Lipinski definition) is 2. The lowest BCUT2D eigenvalue weighted by atomic mass is 9.93. The number of anilines is 1. The normalized spacial score (nSPS) is 12.7. The maximum absolute atomic E-state index is 12.7. The first-order valence-corrected chi connectivity index (χ1v) is 9.32. The second kappa shape index (κ2) is 8.35. The highest BCUT2D eigenvalue weighted by Crippen LogP contribution is 2.21. The van der Waals surface area contributed by atoms with Gasteiger partial charge in [-0.25, -0.2) is 0 Å². The SMILES string of the molecule is CCC(C)N(CCC(=O)Nc1ccc2ccccc2c1)C(=O)C(C)(C)C. The molecule has 0 radical (unpaired) electrons. The van der Waals surface area contributed by atoms with E-state index in [2.05, 4.69) is 12.2 Å². The van der Waals surface area contributed by atoms with Gasteiger partial charge in [-0.2, -0.15) is 0 Å². The topological polar surface area (TPSA) is 49.4 Å². The van der Waals surface area contributed by atoms with E-state index >= 15 is 0 Å². The van der Waals surface area contributed by atoms with Crippen molar-refractivity contribution in [1.29, 1.82) is 0 Å². The molecule has 4 nitrogen and oxygen atoms in total. The summed E-state index contributed by atoms with van der Waals surface area (Å²) in [7, 11) is 0. The Morgan fingerprint density at radius 2 is 1.73 bits per heavy atom. The van der Waals surface area contributed by atoms with Gasteiger partial charge < -0.3 is 10.2 Å². The third kappa shape index (κ3) is 5.07. The number of carbonyl (C=O) groups excluding carboxylic acids is 2. The summed E-state index contributed by atoms with van der Waals surface area (Å²) in [4.78, 5) is 26.9. The van der Waals surface area contributed by atoms with E-state index < -0.39 is 5.41 Å². The van der Waals surface area contributed by atoms with Crippen LogP contribution in [0.25, 0.3) is 10.8 Å². The van der Waals surface area contributed by atoms with Crippen LogP contribution in [0.5, 0.6) is 0 Å². The van der Waals surface area contributed by atoms with Gasteiger partial charge in [-0.05, 0) is 36.2 Å². The van der Waals surface area contributed by atoms with Gasteiger partial charge in [0.05, 0.1) is 0 Å². The summed E-state index contributed by atoms with van der Waals surface area (Å²) in [5, 5.41) is 5.18. The van der Waals surface area contributed by atoms with Crippen LogP contribution in [0.3, 0.4) is 0 Å². The molecule has 140 valence electrons. The molecule has 2 rings (SSSR count). The van der Waals surface area contributed by atoms with Gasteiger partial charge in [0.1, 0.15) is 0 Å². The zero-order valence-corrected chi connectivity index (χ0v) is 16.5. The minimum atomic E-state index is -0.446. The summed E-state index contributed by atoms with van der Waals surface area (Å²) in [5.41, 5.74) is 0.337. The maximum atomic E-state index is 12.7. The van der Waals surface area contributed by atoms with Crippen LogP contribution in [-0.2, 0) is 9.59 Å². The van der Waals surface area contributed by atoms with E-state index in [0.717, 1.165) is 22.9 Å². The second-order valence-electron chi connectivity index (χ2n) is 7.87. The van der Waals surface area contributed by atoms with E-state index in [1.807, 2.05) is 75.1 Å². The Labute approximate surface area is 156 Å². The molecule has 0 aliphatic rings. The number of carbonyl (C=O) groups is 2. The van der Waals surface area contributed by atoms with Crippen LogP contribution >= 0.6 is 0 Å². The quantitative estimate of drug-likeness (QED) is 0.807. The van der Waals surface area contributed by atoms with Gasteiger partial charge in [-0.3, -0.25) is 9.59 Å². The van der Waals surface area contributed by atoms with Gasteiger partial charge in [-0.1, -0.05) is 58.0 Å². The molecule has 1 unspecified atom stereocenters.